The van der Waals surface area contributed by atoms with Crippen LogP contribution in [-0.4, -0.2) is 30.7 Å². The van der Waals surface area contributed by atoms with Crippen LogP contribution in [0.25, 0.3) is 0 Å². The smallest absolute Gasteiger partial charge is 0.476 e. The van der Waals surface area contributed by atoms with Crippen molar-refractivity contribution in [1.29, 1.82) is 0 Å². The minimum Gasteiger partial charge on any atom is -0.493 e. The summed E-state index contributed by atoms with van der Waals surface area (Å²) >= 11 is 6.79. The van der Waals surface area contributed by atoms with Gasteiger partial charge in [0, 0.05) is 11.5 Å². The van der Waals surface area contributed by atoms with E-state index in [9.17, 15) is 0 Å². The number of benzene rings is 1. The average Bonchev–Trinajstić information content (AvgIpc) is 3.15. The number of hydrogen-bond donors (Lipinski definition) is 0. The highest BCUT2D eigenvalue weighted by Crippen LogP contribution is 2.66. The maximum atomic E-state index is 6.79. The maximum absolute atomic E-state index is 6.79. The first-order valence-corrected chi connectivity index (χ1v) is 10.0. The van der Waals surface area contributed by atoms with Gasteiger partial charge in [0.25, 0.3) is 0 Å². The molecule has 0 radical (unpaired) electrons. The van der Waals surface area contributed by atoms with Crippen molar-refractivity contribution in [1.82, 2.24) is 0 Å². The summed E-state index contributed by atoms with van der Waals surface area (Å²) in [6, 6.07) is 8.26. The van der Waals surface area contributed by atoms with Crippen molar-refractivity contribution in [2.45, 2.75) is 62.9 Å². The molecular formula is C20H26BClO3. The number of alkyl halides is 1. The fraction of sp³-hybridized carbons (Fsp3) is 0.700. The third-order valence-corrected chi connectivity index (χ3v) is 7.96. The molecule has 25 heavy (non-hydrogen) atoms. The molecule has 5 heteroatoms. The summed E-state index contributed by atoms with van der Waals surface area (Å²) in [5.41, 5.74) is 1.45. The second kappa shape index (κ2) is 5.40. The van der Waals surface area contributed by atoms with Crippen LogP contribution < -0.4 is 4.74 Å². The van der Waals surface area contributed by atoms with Crippen LogP contribution in [0.5, 0.6) is 5.75 Å². The first kappa shape index (κ1) is 16.5. The van der Waals surface area contributed by atoms with Gasteiger partial charge in [0.15, 0.2) is 0 Å². The van der Waals surface area contributed by atoms with Gasteiger partial charge in [-0.05, 0) is 49.5 Å². The van der Waals surface area contributed by atoms with Crippen molar-refractivity contribution in [2.75, 3.05) is 6.61 Å². The predicted molar refractivity (Wildman–Crippen MR) is 99.0 cm³/mol. The highest BCUT2D eigenvalue weighted by Gasteiger charge is 2.68. The van der Waals surface area contributed by atoms with Crippen LogP contribution in [0.2, 0.25) is 0 Å². The Morgan fingerprint density at radius 3 is 2.84 bits per heavy atom. The molecule has 2 bridgehead atoms. The summed E-state index contributed by atoms with van der Waals surface area (Å²) in [7, 11) is -0.306. The van der Waals surface area contributed by atoms with Gasteiger partial charge in [0.1, 0.15) is 5.75 Å². The number of hydrogen-bond acceptors (Lipinski definition) is 3. The summed E-state index contributed by atoms with van der Waals surface area (Å²) in [4.78, 5) is 0. The molecule has 5 aliphatic rings. The van der Waals surface area contributed by atoms with Crippen LogP contribution in [0.1, 0.15) is 51.5 Å². The first-order chi connectivity index (χ1) is 11.9. The van der Waals surface area contributed by atoms with Crippen LogP contribution >= 0.6 is 11.6 Å². The van der Waals surface area contributed by atoms with Crippen LogP contribution in [0.15, 0.2) is 24.3 Å². The third-order valence-electron chi connectivity index (χ3n) is 7.57. The molecule has 0 N–H and O–H groups in total. The second-order valence-electron chi connectivity index (χ2n) is 9.13. The molecule has 3 nitrogen and oxygen atoms in total. The van der Waals surface area contributed by atoms with E-state index in [1.54, 1.807) is 0 Å². The molecule has 1 aromatic carbocycles. The Morgan fingerprint density at radius 2 is 2.04 bits per heavy atom. The van der Waals surface area contributed by atoms with Gasteiger partial charge >= 0.3 is 7.12 Å². The van der Waals surface area contributed by atoms with Crippen LogP contribution in [-0.2, 0) is 9.31 Å². The molecule has 1 saturated heterocycles. The predicted octanol–water partition coefficient (Wildman–Crippen LogP) is 4.43. The van der Waals surface area contributed by atoms with E-state index < -0.39 is 0 Å². The Kier molecular flexibility index (Phi) is 3.56. The minimum atomic E-state index is -0.306. The second-order valence-corrected chi connectivity index (χ2v) is 9.70. The molecule has 134 valence electrons. The maximum Gasteiger partial charge on any atom is 0.476 e. The topological polar surface area (TPSA) is 27.7 Å². The third kappa shape index (κ3) is 2.26. The zero-order chi connectivity index (χ0) is 17.4. The SMILES string of the molecule is CC1(C)C2C[C@H]3OB([C@H](Cl)CC4COc5ccccc54)O[C@@]3(C)[C@H]1C2. The van der Waals surface area contributed by atoms with E-state index in [1.807, 2.05) is 12.1 Å². The van der Waals surface area contributed by atoms with Crippen molar-refractivity contribution in [3.8, 4) is 5.75 Å². The van der Waals surface area contributed by atoms with Crippen LogP contribution in [0.3, 0.4) is 0 Å². The van der Waals surface area contributed by atoms with Gasteiger partial charge in [-0.3, -0.25) is 0 Å². The molecule has 6 rings (SSSR count). The molecule has 1 aromatic rings. The number of fused-ring (bicyclic) bond motifs is 1. The van der Waals surface area contributed by atoms with E-state index in [0.29, 0.717) is 23.9 Å². The van der Waals surface area contributed by atoms with Crippen LogP contribution in [0.4, 0.5) is 0 Å². The largest absolute Gasteiger partial charge is 0.493 e. The van der Waals surface area contributed by atoms with Gasteiger partial charge in [-0.25, -0.2) is 0 Å². The molecule has 2 heterocycles. The summed E-state index contributed by atoms with van der Waals surface area (Å²) in [5, 5.41) is -0.150. The van der Waals surface area contributed by atoms with Gasteiger partial charge in [-0.15, -0.1) is 11.6 Å². The number of rotatable bonds is 3. The van der Waals surface area contributed by atoms with Crippen molar-refractivity contribution in [2.24, 2.45) is 17.3 Å². The van der Waals surface area contributed by atoms with Gasteiger partial charge in [-0.1, -0.05) is 32.0 Å². The Morgan fingerprint density at radius 1 is 1.24 bits per heavy atom. The number of ether oxygens (including phenoxy) is 1. The molecule has 3 saturated carbocycles. The van der Waals surface area contributed by atoms with Crippen molar-refractivity contribution in [3.63, 3.8) is 0 Å². The standard InChI is InChI=1S/C20H26BClO3/c1-19(2)13-9-16(19)20(3)17(10-13)24-21(25-20)18(22)8-12-11-23-15-7-5-4-6-14(12)15/h4-7,12-13,16-18H,8-11H2,1-3H3/t12?,13?,16-,17+,18+,20-/m0/s1. The molecule has 2 unspecified atom stereocenters. The quantitative estimate of drug-likeness (QED) is 0.589. The Hall–Kier alpha value is -0.705. The monoisotopic (exact) mass is 360 g/mol. The summed E-state index contributed by atoms with van der Waals surface area (Å²) in [5.74, 6) is 2.66. The fourth-order valence-corrected chi connectivity index (χ4v) is 6.19. The highest BCUT2D eigenvalue weighted by atomic mass is 35.5. The van der Waals surface area contributed by atoms with E-state index in [0.717, 1.165) is 24.5 Å². The average molecular weight is 361 g/mol. The van der Waals surface area contributed by atoms with E-state index in [4.69, 9.17) is 25.6 Å². The highest BCUT2D eigenvalue weighted by molar-refractivity contribution is 6.59. The van der Waals surface area contributed by atoms with Gasteiger partial charge in [0.05, 0.1) is 23.6 Å². The summed E-state index contributed by atoms with van der Waals surface area (Å²) < 4.78 is 18.6. The zero-order valence-electron chi connectivity index (χ0n) is 15.2. The summed E-state index contributed by atoms with van der Waals surface area (Å²) in [6.07, 6.45) is 3.40. The van der Waals surface area contributed by atoms with E-state index in [-0.39, 0.29) is 24.1 Å². The molecule has 0 spiro atoms. The van der Waals surface area contributed by atoms with Gasteiger partial charge < -0.3 is 14.0 Å². The molecular weight excluding hydrogens is 334 g/mol. The molecule has 0 aromatic heterocycles. The number of para-hydroxylation sites is 1. The summed E-state index contributed by atoms with van der Waals surface area (Å²) in [6.45, 7) is 7.72. The zero-order valence-corrected chi connectivity index (χ0v) is 16.0. The Labute approximate surface area is 155 Å². The van der Waals surface area contributed by atoms with Crippen molar-refractivity contribution >= 4 is 18.7 Å². The fourth-order valence-electron chi connectivity index (χ4n) is 5.86. The molecule has 2 aliphatic heterocycles. The number of halogens is 1. The molecule has 4 fully saturated rings. The lowest BCUT2D eigenvalue weighted by Crippen LogP contribution is -2.65. The van der Waals surface area contributed by atoms with Gasteiger partial charge in [0.2, 0.25) is 0 Å². The van der Waals surface area contributed by atoms with E-state index >= 15 is 0 Å². The van der Waals surface area contributed by atoms with Crippen LogP contribution in [0, 0.1) is 17.3 Å². The van der Waals surface area contributed by atoms with E-state index in [2.05, 4.69) is 32.9 Å². The van der Waals surface area contributed by atoms with Crippen molar-refractivity contribution in [3.05, 3.63) is 29.8 Å². The Bertz CT molecular complexity index is 695. The Balaban J connectivity index is 1.30. The van der Waals surface area contributed by atoms with E-state index in [1.165, 1.54) is 12.0 Å². The lowest BCUT2D eigenvalue weighted by atomic mass is 9.43. The molecule has 3 aliphatic carbocycles. The lowest BCUT2D eigenvalue weighted by molar-refractivity contribution is -0.199. The minimum absolute atomic E-state index is 0.150. The molecule has 0 amide bonds. The first-order valence-electron chi connectivity index (χ1n) is 9.58. The lowest BCUT2D eigenvalue weighted by Gasteiger charge is -2.64. The normalized spacial score (nSPS) is 41.5. The molecule has 6 atom stereocenters. The van der Waals surface area contributed by atoms with Crippen molar-refractivity contribution < 1.29 is 14.0 Å². The van der Waals surface area contributed by atoms with Gasteiger partial charge in [-0.2, -0.15) is 0 Å².